The van der Waals surface area contributed by atoms with Crippen molar-refractivity contribution in [2.24, 2.45) is 5.16 Å². The lowest BCUT2D eigenvalue weighted by molar-refractivity contribution is -0.145. The van der Waals surface area contributed by atoms with E-state index in [1.54, 1.807) is 20.0 Å². The molecule has 38 heavy (non-hydrogen) atoms. The molecule has 9 nitrogen and oxygen atoms in total. The van der Waals surface area contributed by atoms with Gasteiger partial charge in [0, 0.05) is 43.0 Å². The average molecular weight is 535 g/mol. The van der Waals surface area contributed by atoms with Crippen molar-refractivity contribution < 1.29 is 31.6 Å². The Morgan fingerprint density at radius 1 is 1.11 bits per heavy atom. The molecule has 2 aromatic heterocycles. The smallest absolute Gasteiger partial charge is 0.336 e. The predicted octanol–water partition coefficient (Wildman–Crippen LogP) is 5.09. The van der Waals surface area contributed by atoms with Crippen molar-refractivity contribution in [1.82, 2.24) is 24.8 Å². The van der Waals surface area contributed by atoms with E-state index in [1.807, 2.05) is 0 Å². The maximum atomic E-state index is 13.9. The molecular formula is C24H22F5N7O2. The lowest BCUT2D eigenvalue weighted by atomic mass is 9.90. The minimum absolute atomic E-state index is 0.109. The number of benzene rings is 1. The van der Waals surface area contributed by atoms with Gasteiger partial charge >= 0.3 is 12.2 Å². The molecule has 3 heterocycles. The summed E-state index contributed by atoms with van der Waals surface area (Å²) in [5.74, 6) is -3.09. The Bertz CT molecular complexity index is 1340. The van der Waals surface area contributed by atoms with Crippen LogP contribution in [0.15, 0.2) is 41.8 Å². The largest absolute Gasteiger partial charge is 0.451 e. The van der Waals surface area contributed by atoms with Gasteiger partial charge in [0.1, 0.15) is 23.1 Å². The molecule has 1 N–H and O–H groups in total. The molecule has 200 valence electrons. The summed E-state index contributed by atoms with van der Waals surface area (Å²) in [5, 5.41) is 6.19. The van der Waals surface area contributed by atoms with Crippen LogP contribution in [0.4, 0.5) is 32.4 Å². The molecule has 14 heteroatoms. The Balaban J connectivity index is 1.46. The second kappa shape index (κ2) is 11.0. The van der Waals surface area contributed by atoms with Crippen LogP contribution in [0.3, 0.4) is 0 Å². The number of nitrogens with zero attached hydrogens (tertiary/aromatic N) is 6. The molecule has 1 aromatic carbocycles. The number of oxime groups is 1. The first-order valence-corrected chi connectivity index (χ1v) is 11.5. The third kappa shape index (κ3) is 6.18. The predicted molar refractivity (Wildman–Crippen MR) is 126 cm³/mol. The number of nitrogens with one attached hydrogen (secondary N) is 1. The van der Waals surface area contributed by atoms with Gasteiger partial charge < -0.3 is 15.1 Å². The van der Waals surface area contributed by atoms with Gasteiger partial charge in [-0.3, -0.25) is 0 Å². The Morgan fingerprint density at radius 2 is 1.79 bits per heavy atom. The van der Waals surface area contributed by atoms with Gasteiger partial charge in [-0.15, -0.1) is 0 Å². The number of amides is 2. The molecule has 0 unspecified atom stereocenters. The summed E-state index contributed by atoms with van der Waals surface area (Å²) in [5.41, 5.74) is 0.965. The number of carbonyl (C=O) groups is 1. The quantitative estimate of drug-likeness (QED) is 0.277. The van der Waals surface area contributed by atoms with Crippen molar-refractivity contribution in [3.05, 3.63) is 71.2 Å². The lowest BCUT2D eigenvalue weighted by Crippen LogP contribution is -2.41. The van der Waals surface area contributed by atoms with Crippen LogP contribution < -0.4 is 10.2 Å². The molecule has 1 aliphatic rings. The third-order valence-electron chi connectivity index (χ3n) is 5.85. The number of urea groups is 1. The Morgan fingerprint density at radius 3 is 2.45 bits per heavy atom. The molecule has 0 saturated carbocycles. The molecule has 1 saturated heterocycles. The van der Waals surface area contributed by atoms with E-state index in [9.17, 15) is 26.7 Å². The van der Waals surface area contributed by atoms with Crippen LogP contribution in [-0.4, -0.2) is 49.7 Å². The van der Waals surface area contributed by atoms with E-state index in [1.165, 1.54) is 11.0 Å². The fourth-order valence-electron chi connectivity index (χ4n) is 3.93. The highest BCUT2D eigenvalue weighted by atomic mass is 19.4. The molecule has 1 aliphatic heterocycles. The summed E-state index contributed by atoms with van der Waals surface area (Å²) < 4.78 is 66.4. The van der Waals surface area contributed by atoms with Crippen LogP contribution in [0, 0.1) is 18.6 Å². The molecule has 0 atom stereocenters. The van der Waals surface area contributed by atoms with Crippen LogP contribution in [-0.2, 0) is 6.18 Å². The fraction of sp³-hybridized carbons (Fsp3) is 0.333. The summed E-state index contributed by atoms with van der Waals surface area (Å²) in [6.45, 7) is 3.89. The third-order valence-corrected chi connectivity index (χ3v) is 5.85. The van der Waals surface area contributed by atoms with Gasteiger partial charge in [-0.25, -0.2) is 28.5 Å². The summed E-state index contributed by atoms with van der Waals surface area (Å²) in [6.07, 6.45) is -1.29. The second-order valence-electron chi connectivity index (χ2n) is 8.49. The number of aromatic nitrogens is 4. The first-order chi connectivity index (χ1) is 18.0. The van der Waals surface area contributed by atoms with Crippen molar-refractivity contribution >= 4 is 17.4 Å². The summed E-state index contributed by atoms with van der Waals surface area (Å²) in [4.78, 5) is 34.4. The zero-order valence-corrected chi connectivity index (χ0v) is 20.3. The van der Waals surface area contributed by atoms with Gasteiger partial charge in [0.15, 0.2) is 0 Å². The number of carbonyl (C=O) groups excluding carboxylic acids is 1. The number of rotatable bonds is 5. The van der Waals surface area contributed by atoms with Crippen LogP contribution in [0.1, 0.15) is 48.6 Å². The zero-order chi connectivity index (χ0) is 27.4. The standard InChI is InChI=1S/C24H22F5N7O2/c1-13(35-38-19-6-9-30-22(33-19)24(27,28)29)16-12-31-14(2)32-20(16)15-7-10-36(11-8-15)23(37)34-21-17(25)4-3-5-18(21)26/h3-6,9,12,15H,7-8,10-11H2,1-2H3,(H,34,37). The number of para-hydroxylation sites is 1. The Kier molecular flexibility index (Phi) is 7.78. The number of anilines is 1. The number of aryl methyl sites for hydroxylation is 1. The van der Waals surface area contributed by atoms with E-state index in [2.05, 4.69) is 30.4 Å². The normalized spacial score (nSPS) is 14.9. The molecule has 2 amide bonds. The van der Waals surface area contributed by atoms with E-state index >= 15 is 0 Å². The number of halogens is 5. The minimum atomic E-state index is -4.73. The van der Waals surface area contributed by atoms with Gasteiger partial charge in [-0.2, -0.15) is 18.2 Å². The Hall–Kier alpha value is -4.23. The van der Waals surface area contributed by atoms with Crippen LogP contribution >= 0.6 is 0 Å². The zero-order valence-electron chi connectivity index (χ0n) is 20.3. The van der Waals surface area contributed by atoms with Gasteiger partial charge in [-0.1, -0.05) is 11.2 Å². The van der Waals surface area contributed by atoms with Gasteiger partial charge in [-0.05, 0) is 38.8 Å². The lowest BCUT2D eigenvalue weighted by Gasteiger charge is -2.32. The van der Waals surface area contributed by atoms with Gasteiger partial charge in [0.05, 0.1) is 11.4 Å². The molecule has 0 spiro atoms. The highest BCUT2D eigenvalue weighted by Crippen LogP contribution is 2.30. The molecule has 1 fully saturated rings. The van der Waals surface area contributed by atoms with Crippen LogP contribution in [0.25, 0.3) is 0 Å². The molecular weight excluding hydrogens is 513 g/mol. The molecule has 0 radical (unpaired) electrons. The minimum Gasteiger partial charge on any atom is -0.336 e. The van der Waals surface area contributed by atoms with Crippen LogP contribution in [0.5, 0.6) is 5.88 Å². The van der Waals surface area contributed by atoms with E-state index in [0.717, 1.165) is 24.4 Å². The van der Waals surface area contributed by atoms with Gasteiger partial charge in [0.25, 0.3) is 5.88 Å². The summed E-state index contributed by atoms with van der Waals surface area (Å²) in [6, 6.07) is 3.83. The van der Waals surface area contributed by atoms with Crippen molar-refractivity contribution in [2.45, 2.75) is 38.8 Å². The second-order valence-corrected chi connectivity index (χ2v) is 8.49. The monoisotopic (exact) mass is 535 g/mol. The first-order valence-electron chi connectivity index (χ1n) is 11.5. The van der Waals surface area contributed by atoms with E-state index < -0.39 is 35.4 Å². The SMILES string of the molecule is CC(=NOc1ccnc(C(F)(F)F)n1)c1cnc(C)nc1C1CCN(C(=O)Nc2c(F)cccc2F)CC1. The first kappa shape index (κ1) is 26.8. The summed E-state index contributed by atoms with van der Waals surface area (Å²) in [7, 11) is 0. The number of piperidine rings is 1. The van der Waals surface area contributed by atoms with Gasteiger partial charge in [0.2, 0.25) is 5.82 Å². The maximum Gasteiger partial charge on any atom is 0.451 e. The highest BCUT2D eigenvalue weighted by Gasteiger charge is 2.35. The molecule has 0 bridgehead atoms. The number of alkyl halides is 3. The number of hydrogen-bond donors (Lipinski definition) is 1. The van der Waals surface area contributed by atoms with E-state index in [-0.39, 0.29) is 11.8 Å². The topological polar surface area (TPSA) is 105 Å². The van der Waals surface area contributed by atoms with Crippen molar-refractivity contribution in [1.29, 1.82) is 0 Å². The fourth-order valence-corrected chi connectivity index (χ4v) is 3.93. The molecule has 4 rings (SSSR count). The summed E-state index contributed by atoms with van der Waals surface area (Å²) >= 11 is 0. The van der Waals surface area contributed by atoms with Crippen LogP contribution in [0.2, 0.25) is 0 Å². The van der Waals surface area contributed by atoms with Crippen molar-refractivity contribution in [3.8, 4) is 5.88 Å². The molecule has 3 aromatic rings. The van der Waals surface area contributed by atoms with E-state index in [4.69, 9.17) is 4.84 Å². The molecule has 0 aliphatic carbocycles. The highest BCUT2D eigenvalue weighted by molar-refractivity contribution is 5.99. The Labute approximate surface area is 213 Å². The van der Waals surface area contributed by atoms with E-state index in [0.29, 0.717) is 48.7 Å². The maximum absolute atomic E-state index is 13.9. The number of likely N-dealkylation sites (tertiary alicyclic amines) is 1. The van der Waals surface area contributed by atoms with Crippen molar-refractivity contribution in [3.63, 3.8) is 0 Å². The van der Waals surface area contributed by atoms with Crippen molar-refractivity contribution in [2.75, 3.05) is 18.4 Å². The number of hydrogen-bond acceptors (Lipinski definition) is 7. The average Bonchev–Trinajstić information content (AvgIpc) is 2.89.